The first-order valence-corrected chi connectivity index (χ1v) is 12.0. The Morgan fingerprint density at radius 1 is 1.08 bits per heavy atom. The highest BCUT2D eigenvalue weighted by molar-refractivity contribution is 6.32. The SMILES string of the molecule is COc1cc2ncnc(Nc3ccc(Oc4ccccc4)c(Cl)c3)c2cc1C#CC1(O)CCCNC1. The van der Waals surface area contributed by atoms with Gasteiger partial charge in [-0.25, -0.2) is 9.97 Å². The number of nitrogens with one attached hydrogen (secondary N) is 2. The summed E-state index contributed by atoms with van der Waals surface area (Å²) >= 11 is 6.50. The van der Waals surface area contributed by atoms with Crippen LogP contribution in [0.25, 0.3) is 10.9 Å². The Hall–Kier alpha value is -3.83. The molecule has 1 unspecified atom stereocenters. The molecule has 1 saturated heterocycles. The predicted molar refractivity (Wildman–Crippen MR) is 141 cm³/mol. The van der Waals surface area contributed by atoms with Gasteiger partial charge in [-0.15, -0.1) is 0 Å². The molecular weight excluding hydrogens is 476 g/mol. The number of aliphatic hydroxyl groups is 1. The molecule has 0 radical (unpaired) electrons. The van der Waals surface area contributed by atoms with E-state index in [9.17, 15) is 5.11 Å². The van der Waals surface area contributed by atoms with Crippen LogP contribution in [0.5, 0.6) is 17.2 Å². The summed E-state index contributed by atoms with van der Waals surface area (Å²) in [6.07, 6.45) is 2.99. The zero-order valence-electron chi connectivity index (χ0n) is 19.7. The highest BCUT2D eigenvalue weighted by atomic mass is 35.5. The summed E-state index contributed by atoms with van der Waals surface area (Å²) in [7, 11) is 1.59. The van der Waals surface area contributed by atoms with E-state index in [4.69, 9.17) is 21.1 Å². The molecule has 3 N–H and O–H groups in total. The number of anilines is 2. The molecule has 1 aliphatic rings. The molecule has 1 atom stereocenters. The molecule has 0 spiro atoms. The minimum absolute atomic E-state index is 0.441. The van der Waals surface area contributed by atoms with Crippen LogP contribution in [-0.2, 0) is 0 Å². The number of nitrogens with zero attached hydrogens (tertiary/aromatic N) is 2. The quantitative estimate of drug-likeness (QED) is 0.321. The number of piperidine rings is 1. The smallest absolute Gasteiger partial charge is 0.146 e. The highest BCUT2D eigenvalue weighted by Crippen LogP contribution is 2.34. The van der Waals surface area contributed by atoms with Crippen molar-refractivity contribution >= 4 is 34.0 Å². The van der Waals surface area contributed by atoms with Crippen LogP contribution in [0.15, 0.2) is 67.0 Å². The summed E-state index contributed by atoms with van der Waals surface area (Å²) in [5, 5.41) is 18.5. The number of benzene rings is 3. The minimum Gasteiger partial charge on any atom is -0.495 e. The van der Waals surface area contributed by atoms with Gasteiger partial charge >= 0.3 is 0 Å². The lowest BCUT2D eigenvalue weighted by Gasteiger charge is -2.27. The Balaban J connectivity index is 1.45. The van der Waals surface area contributed by atoms with Crippen molar-refractivity contribution < 1.29 is 14.6 Å². The van der Waals surface area contributed by atoms with Crippen molar-refractivity contribution in [2.45, 2.75) is 18.4 Å². The zero-order valence-corrected chi connectivity index (χ0v) is 20.5. The fourth-order valence-electron chi connectivity index (χ4n) is 4.04. The van der Waals surface area contributed by atoms with E-state index in [0.29, 0.717) is 52.1 Å². The molecule has 4 aromatic rings. The van der Waals surface area contributed by atoms with Gasteiger partial charge in [-0.2, -0.15) is 0 Å². The second kappa shape index (κ2) is 10.4. The van der Waals surface area contributed by atoms with Crippen molar-refractivity contribution in [3.8, 4) is 29.1 Å². The van der Waals surface area contributed by atoms with E-state index in [0.717, 1.165) is 24.0 Å². The number of rotatable bonds is 5. The monoisotopic (exact) mass is 500 g/mol. The second-order valence-corrected chi connectivity index (χ2v) is 8.95. The normalized spacial score (nSPS) is 17.2. The first-order chi connectivity index (χ1) is 17.5. The summed E-state index contributed by atoms with van der Waals surface area (Å²) in [4.78, 5) is 8.83. The Kier molecular flexibility index (Phi) is 6.92. The van der Waals surface area contributed by atoms with E-state index >= 15 is 0 Å². The molecule has 5 rings (SSSR count). The van der Waals surface area contributed by atoms with Crippen LogP contribution in [0.2, 0.25) is 5.02 Å². The number of hydrogen-bond donors (Lipinski definition) is 3. The molecule has 0 saturated carbocycles. The van der Waals surface area contributed by atoms with Crippen LogP contribution in [-0.4, -0.2) is 40.9 Å². The summed E-state index contributed by atoms with van der Waals surface area (Å²) in [5.41, 5.74) is 1.02. The number of fused-ring (bicyclic) bond motifs is 1. The van der Waals surface area contributed by atoms with Crippen molar-refractivity contribution in [3.05, 3.63) is 77.6 Å². The zero-order chi connectivity index (χ0) is 25.0. The lowest BCUT2D eigenvalue weighted by Crippen LogP contribution is -2.44. The van der Waals surface area contributed by atoms with Gasteiger partial charge in [0.1, 0.15) is 35.0 Å². The van der Waals surface area contributed by atoms with Crippen molar-refractivity contribution in [3.63, 3.8) is 0 Å². The lowest BCUT2D eigenvalue weighted by molar-refractivity contribution is 0.0736. The van der Waals surface area contributed by atoms with Crippen molar-refractivity contribution in [2.75, 3.05) is 25.5 Å². The maximum absolute atomic E-state index is 10.8. The number of aromatic nitrogens is 2. The Morgan fingerprint density at radius 3 is 2.69 bits per heavy atom. The average Bonchev–Trinajstić information content (AvgIpc) is 2.90. The van der Waals surface area contributed by atoms with Crippen LogP contribution in [0.3, 0.4) is 0 Å². The molecule has 3 aromatic carbocycles. The van der Waals surface area contributed by atoms with E-state index in [1.807, 2.05) is 48.5 Å². The van der Waals surface area contributed by atoms with Gasteiger partial charge in [0.05, 0.1) is 23.2 Å². The van der Waals surface area contributed by atoms with Crippen LogP contribution in [0, 0.1) is 11.8 Å². The molecule has 1 aliphatic heterocycles. The topological polar surface area (TPSA) is 88.5 Å². The third kappa shape index (κ3) is 5.37. The molecule has 2 heterocycles. The van der Waals surface area contributed by atoms with E-state index in [2.05, 4.69) is 32.4 Å². The maximum Gasteiger partial charge on any atom is 0.146 e. The number of halogens is 1. The Bertz CT molecular complexity index is 1440. The fourth-order valence-corrected chi connectivity index (χ4v) is 4.26. The van der Waals surface area contributed by atoms with Gasteiger partial charge in [0, 0.05) is 23.7 Å². The van der Waals surface area contributed by atoms with E-state index in [-0.39, 0.29) is 0 Å². The average molecular weight is 501 g/mol. The van der Waals surface area contributed by atoms with Crippen LogP contribution in [0.4, 0.5) is 11.5 Å². The molecule has 0 amide bonds. The number of para-hydroxylation sites is 1. The minimum atomic E-state index is -1.06. The summed E-state index contributed by atoms with van der Waals surface area (Å²) in [6, 6.07) is 18.6. The number of hydrogen-bond acceptors (Lipinski definition) is 7. The van der Waals surface area contributed by atoms with Crippen molar-refractivity contribution in [2.24, 2.45) is 0 Å². The van der Waals surface area contributed by atoms with Gasteiger partial charge in [-0.05, 0) is 55.8 Å². The molecule has 1 aromatic heterocycles. The molecule has 1 fully saturated rings. The van der Waals surface area contributed by atoms with Crippen molar-refractivity contribution in [1.82, 2.24) is 15.3 Å². The Morgan fingerprint density at radius 2 is 1.94 bits per heavy atom. The molecular formula is C28H25ClN4O3. The molecule has 8 heteroatoms. The molecule has 182 valence electrons. The van der Waals surface area contributed by atoms with Crippen molar-refractivity contribution in [1.29, 1.82) is 0 Å². The molecule has 36 heavy (non-hydrogen) atoms. The summed E-state index contributed by atoms with van der Waals surface area (Å²) in [5.74, 6) is 8.57. The first-order valence-electron chi connectivity index (χ1n) is 11.6. The summed E-state index contributed by atoms with van der Waals surface area (Å²) < 4.78 is 11.4. The molecule has 0 aliphatic carbocycles. The van der Waals surface area contributed by atoms with Gasteiger partial charge < -0.3 is 25.2 Å². The van der Waals surface area contributed by atoms with Gasteiger partial charge in [0.2, 0.25) is 0 Å². The third-order valence-electron chi connectivity index (χ3n) is 5.91. The number of β-amino-alcohol motifs (C(OH)–C–C–N with tert-alkyl or cyclic N) is 1. The van der Waals surface area contributed by atoms with Crippen LogP contribution in [0.1, 0.15) is 18.4 Å². The third-order valence-corrected chi connectivity index (χ3v) is 6.21. The standard InChI is InChI=1S/C28H25ClN4O3/c1-35-26-16-24-22(14-19(26)10-12-28(34)11-5-13-30-17-28)27(32-18-31-24)33-20-8-9-25(23(29)15-20)36-21-6-3-2-4-7-21/h2-4,6-9,14-16,18,30,34H,5,11,13,17H2,1H3,(H,31,32,33). The van der Waals surface area contributed by atoms with Crippen LogP contribution < -0.4 is 20.1 Å². The molecule has 7 nitrogen and oxygen atoms in total. The van der Waals surface area contributed by atoms with E-state index < -0.39 is 5.60 Å². The van der Waals surface area contributed by atoms with E-state index in [1.54, 1.807) is 19.2 Å². The largest absolute Gasteiger partial charge is 0.495 e. The fraction of sp³-hybridized carbons (Fsp3) is 0.214. The second-order valence-electron chi connectivity index (χ2n) is 8.54. The van der Waals surface area contributed by atoms with Gasteiger partial charge in [-0.3, -0.25) is 0 Å². The lowest BCUT2D eigenvalue weighted by atomic mass is 9.94. The van der Waals surface area contributed by atoms with Gasteiger partial charge in [0.25, 0.3) is 0 Å². The highest BCUT2D eigenvalue weighted by Gasteiger charge is 2.26. The molecule has 0 bridgehead atoms. The summed E-state index contributed by atoms with van der Waals surface area (Å²) in [6.45, 7) is 1.33. The number of methoxy groups -OCH3 is 1. The van der Waals surface area contributed by atoms with Gasteiger partial charge in [0.15, 0.2) is 0 Å². The van der Waals surface area contributed by atoms with E-state index in [1.165, 1.54) is 6.33 Å². The first kappa shape index (κ1) is 23.9. The van der Waals surface area contributed by atoms with Gasteiger partial charge in [-0.1, -0.05) is 41.6 Å². The Labute approximate surface area is 214 Å². The van der Waals surface area contributed by atoms with Crippen LogP contribution >= 0.6 is 11.6 Å². The predicted octanol–water partition coefficient (Wildman–Crippen LogP) is 5.29. The number of ether oxygens (including phenoxy) is 2. The maximum atomic E-state index is 10.8.